The fraction of sp³-hybridized carbons (Fsp3) is 0. The zero-order valence-corrected chi connectivity index (χ0v) is 15.9. The van der Waals surface area contributed by atoms with Crippen LogP contribution in [0.1, 0.15) is 20.4 Å². The Morgan fingerprint density at radius 3 is 2.42 bits per heavy atom. The van der Waals surface area contributed by atoms with Crippen LogP contribution in [-0.4, -0.2) is 16.1 Å². The van der Waals surface area contributed by atoms with E-state index in [1.165, 1.54) is 24.3 Å². The Hall–Kier alpha value is -1.99. The Morgan fingerprint density at radius 2 is 1.73 bits per heavy atom. The van der Waals surface area contributed by atoms with E-state index in [9.17, 15) is 9.18 Å². The molecule has 3 aromatic rings. The third-order valence-corrected chi connectivity index (χ3v) is 5.26. The molecule has 2 aromatic carbocycles. The van der Waals surface area contributed by atoms with Crippen molar-refractivity contribution in [3.63, 3.8) is 0 Å². The van der Waals surface area contributed by atoms with Gasteiger partial charge in [0.05, 0.1) is 15.1 Å². The number of hydrogen-bond donors (Lipinski definition) is 1. The molecule has 0 unspecified atom stereocenters. The average Bonchev–Trinajstić information content (AvgIpc) is 3.10. The average molecular weight is 429 g/mol. The molecule has 0 fully saturated rings. The van der Waals surface area contributed by atoms with Gasteiger partial charge in [-0.15, -0.1) is 10.2 Å². The molecule has 0 saturated carbocycles. The number of carbonyl (C=O) groups is 1. The van der Waals surface area contributed by atoms with Gasteiger partial charge in [-0.1, -0.05) is 52.2 Å². The molecule has 0 aliphatic heterocycles. The van der Waals surface area contributed by atoms with Gasteiger partial charge < -0.3 is 5.32 Å². The molecule has 0 aliphatic rings. The van der Waals surface area contributed by atoms with Crippen LogP contribution in [0.2, 0.25) is 10.0 Å². The molecule has 1 amide bonds. The minimum absolute atomic E-state index is 0.130. The first kappa shape index (κ1) is 18.8. The predicted octanol–water partition coefficient (Wildman–Crippen LogP) is 5.97. The van der Waals surface area contributed by atoms with Gasteiger partial charge in [-0.05, 0) is 48.0 Å². The Labute approximate surface area is 167 Å². The summed E-state index contributed by atoms with van der Waals surface area (Å²) >= 11 is 19.1. The quantitative estimate of drug-likeness (QED) is 0.556. The van der Waals surface area contributed by atoms with Crippen LogP contribution in [0.3, 0.4) is 0 Å². The largest absolute Gasteiger partial charge is 0.320 e. The van der Waals surface area contributed by atoms with Gasteiger partial charge in [0.15, 0.2) is 5.01 Å². The monoisotopic (exact) mass is 427 g/mol. The molecule has 0 aliphatic carbocycles. The van der Waals surface area contributed by atoms with Crippen molar-refractivity contribution >= 4 is 68.8 Å². The van der Waals surface area contributed by atoms with Crippen LogP contribution in [0.4, 0.5) is 10.1 Å². The van der Waals surface area contributed by atoms with E-state index in [0.29, 0.717) is 25.8 Å². The third-order valence-electron chi connectivity index (χ3n) is 3.16. The first-order chi connectivity index (χ1) is 12.4. The number of anilines is 1. The molecular formula is C17H9Cl3FN3OS. The number of hydrogen-bond acceptors (Lipinski definition) is 4. The maximum Gasteiger partial charge on any atom is 0.286 e. The lowest BCUT2D eigenvalue weighted by molar-refractivity contribution is 0.102. The summed E-state index contributed by atoms with van der Waals surface area (Å²) in [6.45, 7) is 0. The molecule has 132 valence electrons. The van der Waals surface area contributed by atoms with Crippen molar-refractivity contribution < 1.29 is 9.18 Å². The van der Waals surface area contributed by atoms with Crippen LogP contribution in [0.5, 0.6) is 0 Å². The molecule has 0 bridgehead atoms. The van der Waals surface area contributed by atoms with Gasteiger partial charge in [-0.3, -0.25) is 4.79 Å². The number of amides is 1. The van der Waals surface area contributed by atoms with E-state index < -0.39 is 5.91 Å². The molecule has 3 rings (SSSR count). The highest BCUT2D eigenvalue weighted by Crippen LogP contribution is 2.28. The first-order valence-corrected chi connectivity index (χ1v) is 9.10. The molecule has 0 spiro atoms. The Bertz CT molecular complexity index is 989. The second-order valence-electron chi connectivity index (χ2n) is 5.04. The Balaban J connectivity index is 1.75. The van der Waals surface area contributed by atoms with Crippen molar-refractivity contribution in [2.24, 2.45) is 0 Å². The molecular weight excluding hydrogens is 420 g/mol. The van der Waals surface area contributed by atoms with E-state index in [2.05, 4.69) is 15.5 Å². The van der Waals surface area contributed by atoms with Crippen LogP contribution < -0.4 is 5.32 Å². The minimum atomic E-state index is -0.459. The van der Waals surface area contributed by atoms with Crippen LogP contribution in [0, 0.1) is 5.82 Å². The lowest BCUT2D eigenvalue weighted by Gasteiger charge is -2.01. The summed E-state index contributed by atoms with van der Waals surface area (Å²) in [5.74, 6) is -0.847. The number of halogens is 4. The van der Waals surface area contributed by atoms with E-state index in [4.69, 9.17) is 34.8 Å². The highest BCUT2D eigenvalue weighted by Gasteiger charge is 2.15. The molecule has 0 saturated heterocycles. The Kier molecular flexibility index (Phi) is 5.88. The maximum atomic E-state index is 12.9. The van der Waals surface area contributed by atoms with Gasteiger partial charge in [0.2, 0.25) is 5.01 Å². The van der Waals surface area contributed by atoms with Gasteiger partial charge in [0, 0.05) is 5.69 Å². The highest BCUT2D eigenvalue weighted by atomic mass is 35.5. The van der Waals surface area contributed by atoms with Gasteiger partial charge in [-0.2, -0.15) is 0 Å². The smallest absolute Gasteiger partial charge is 0.286 e. The molecule has 9 heteroatoms. The van der Waals surface area contributed by atoms with Crippen molar-refractivity contribution in [1.29, 1.82) is 0 Å². The highest BCUT2D eigenvalue weighted by molar-refractivity contribution is 7.15. The summed E-state index contributed by atoms with van der Waals surface area (Å²) < 4.78 is 12.9. The number of carbonyl (C=O) groups excluding carboxylic acids is 1. The van der Waals surface area contributed by atoms with Crippen LogP contribution in [-0.2, 0) is 0 Å². The van der Waals surface area contributed by atoms with Crippen molar-refractivity contribution in [2.45, 2.75) is 0 Å². The number of nitrogens with zero attached hydrogens (tertiary/aromatic N) is 2. The van der Waals surface area contributed by atoms with Gasteiger partial charge >= 0.3 is 0 Å². The van der Waals surface area contributed by atoms with Crippen molar-refractivity contribution in [3.8, 4) is 0 Å². The van der Waals surface area contributed by atoms with Crippen molar-refractivity contribution in [3.05, 3.63) is 73.9 Å². The zero-order valence-electron chi connectivity index (χ0n) is 12.8. The van der Waals surface area contributed by atoms with Crippen LogP contribution in [0.25, 0.3) is 11.1 Å². The number of nitrogens with one attached hydrogen (secondary N) is 1. The number of benzene rings is 2. The molecule has 26 heavy (non-hydrogen) atoms. The molecule has 0 atom stereocenters. The van der Waals surface area contributed by atoms with Crippen molar-refractivity contribution in [1.82, 2.24) is 10.2 Å². The second-order valence-corrected chi connectivity index (χ2v) is 7.24. The van der Waals surface area contributed by atoms with E-state index in [1.54, 1.807) is 24.3 Å². The van der Waals surface area contributed by atoms with E-state index in [-0.39, 0.29) is 10.8 Å². The third kappa shape index (κ3) is 4.59. The normalized spacial score (nSPS) is 11.5. The summed E-state index contributed by atoms with van der Waals surface area (Å²) in [6, 6.07) is 10.5. The summed E-state index contributed by atoms with van der Waals surface area (Å²) in [5.41, 5.74) is 1.18. The number of aromatic nitrogens is 2. The fourth-order valence-corrected chi connectivity index (χ4v) is 3.17. The van der Waals surface area contributed by atoms with Crippen LogP contribution in [0.15, 0.2) is 42.5 Å². The molecule has 0 radical (unpaired) electrons. The molecule has 4 nitrogen and oxygen atoms in total. The minimum Gasteiger partial charge on any atom is -0.320 e. The molecule has 1 aromatic heterocycles. The lowest BCUT2D eigenvalue weighted by atomic mass is 10.2. The van der Waals surface area contributed by atoms with Gasteiger partial charge in [-0.25, -0.2) is 4.39 Å². The second kappa shape index (κ2) is 8.14. The zero-order chi connectivity index (χ0) is 18.7. The standard InChI is InChI=1S/C17H9Cl3FN3OS/c18-12-6-1-9(7-13(12)19)8-14(20)16-23-24-17(26-16)15(25)22-11-4-2-10(21)3-5-11/h1-8H,(H,22,25)/b14-8-. The maximum absolute atomic E-state index is 12.9. The molecule has 1 heterocycles. The van der Waals surface area contributed by atoms with E-state index >= 15 is 0 Å². The van der Waals surface area contributed by atoms with E-state index in [0.717, 1.165) is 16.9 Å². The summed E-state index contributed by atoms with van der Waals surface area (Å²) in [5, 5.41) is 12.0. The van der Waals surface area contributed by atoms with Crippen molar-refractivity contribution in [2.75, 3.05) is 5.32 Å². The SMILES string of the molecule is O=C(Nc1ccc(F)cc1)c1nnc(/C(Cl)=C/c2ccc(Cl)c(Cl)c2)s1. The summed E-state index contributed by atoms with van der Waals surface area (Å²) in [6.07, 6.45) is 1.64. The summed E-state index contributed by atoms with van der Waals surface area (Å²) in [7, 11) is 0. The van der Waals surface area contributed by atoms with E-state index in [1.807, 2.05) is 0 Å². The van der Waals surface area contributed by atoms with Gasteiger partial charge in [0.25, 0.3) is 5.91 Å². The number of rotatable bonds is 4. The summed E-state index contributed by atoms with van der Waals surface area (Å²) in [4.78, 5) is 12.2. The fourth-order valence-electron chi connectivity index (χ4n) is 1.94. The topological polar surface area (TPSA) is 54.9 Å². The first-order valence-electron chi connectivity index (χ1n) is 7.15. The van der Waals surface area contributed by atoms with Crippen LogP contribution >= 0.6 is 46.1 Å². The lowest BCUT2D eigenvalue weighted by Crippen LogP contribution is -2.11. The molecule has 1 N–H and O–H groups in total. The predicted molar refractivity (Wildman–Crippen MR) is 104 cm³/mol. The van der Waals surface area contributed by atoms with Gasteiger partial charge in [0.1, 0.15) is 5.82 Å². The Morgan fingerprint density at radius 1 is 1.04 bits per heavy atom.